The molecule has 2 aliphatic rings. The molecule has 1 aliphatic heterocycles. The monoisotopic (exact) mass is 544 g/mol. The van der Waals surface area contributed by atoms with Gasteiger partial charge in [0.15, 0.2) is 11.5 Å². The summed E-state index contributed by atoms with van der Waals surface area (Å²) in [6, 6.07) is 4.39. The van der Waals surface area contributed by atoms with Gasteiger partial charge in [0.2, 0.25) is 5.75 Å². The van der Waals surface area contributed by atoms with Gasteiger partial charge in [-0.3, -0.25) is 4.90 Å². The lowest BCUT2D eigenvalue weighted by Gasteiger charge is -2.46. The lowest BCUT2D eigenvalue weighted by Crippen LogP contribution is -2.54. The van der Waals surface area contributed by atoms with E-state index < -0.39 is 0 Å². The molecule has 212 valence electrons. The van der Waals surface area contributed by atoms with E-state index in [-0.39, 0.29) is 16.7 Å². The molecule has 1 saturated heterocycles. The van der Waals surface area contributed by atoms with E-state index in [0.717, 1.165) is 66.5 Å². The molecule has 0 amide bonds. The van der Waals surface area contributed by atoms with E-state index >= 15 is 0 Å². The number of thiocarbonyl (C=S) groups is 1. The number of nitrogens with zero attached hydrogens (tertiary/aromatic N) is 2. The van der Waals surface area contributed by atoms with Crippen molar-refractivity contribution in [3.8, 4) is 17.2 Å². The van der Waals surface area contributed by atoms with Crippen LogP contribution in [0.25, 0.3) is 0 Å². The smallest absolute Gasteiger partial charge is 0.203 e. The number of rotatable bonds is 8. The molecule has 0 aromatic heterocycles. The molecule has 0 saturated carbocycles. The van der Waals surface area contributed by atoms with Gasteiger partial charge in [-0.05, 0) is 35.0 Å². The van der Waals surface area contributed by atoms with Crippen LogP contribution in [-0.4, -0.2) is 66.8 Å². The zero-order chi connectivity index (χ0) is 28.4. The maximum absolute atomic E-state index is 11.3. The van der Waals surface area contributed by atoms with Crippen molar-refractivity contribution in [2.24, 2.45) is 16.7 Å². The largest absolute Gasteiger partial charge is 0.511 e. The first kappa shape index (κ1) is 30.3. The number of benzene rings is 1. The molecular weight excluding hydrogens is 496 g/mol. The lowest BCUT2D eigenvalue weighted by atomic mass is 9.70. The first-order chi connectivity index (χ1) is 17.8. The van der Waals surface area contributed by atoms with Gasteiger partial charge in [-0.15, -0.1) is 0 Å². The molecule has 0 spiro atoms. The third-order valence-corrected chi connectivity index (χ3v) is 8.19. The molecule has 1 aliphatic carbocycles. The summed E-state index contributed by atoms with van der Waals surface area (Å²) in [5.74, 6) is 2.28. The third-order valence-electron chi connectivity index (χ3n) is 7.75. The number of allylic oxidation sites excluding steroid dienone is 4. The van der Waals surface area contributed by atoms with E-state index in [0.29, 0.717) is 23.3 Å². The molecule has 0 radical (unpaired) electrons. The van der Waals surface area contributed by atoms with Crippen LogP contribution < -0.4 is 14.2 Å². The number of ether oxygens (including phenoxy) is 3. The van der Waals surface area contributed by atoms with Crippen LogP contribution >= 0.6 is 12.2 Å². The van der Waals surface area contributed by atoms with E-state index in [9.17, 15) is 5.11 Å². The molecule has 3 rings (SSSR count). The first-order valence-electron chi connectivity index (χ1n) is 13.7. The lowest BCUT2D eigenvalue weighted by molar-refractivity contribution is 0.0830. The summed E-state index contributed by atoms with van der Waals surface area (Å²) >= 11 is 6.09. The Bertz CT molecular complexity index is 1080. The number of aliphatic hydroxyl groups is 1. The minimum Gasteiger partial charge on any atom is -0.511 e. The summed E-state index contributed by atoms with van der Waals surface area (Å²) in [5.41, 5.74) is 2.83. The van der Waals surface area contributed by atoms with Crippen molar-refractivity contribution in [2.45, 2.75) is 73.9 Å². The highest BCUT2D eigenvalue weighted by atomic mass is 32.1. The van der Waals surface area contributed by atoms with Crippen molar-refractivity contribution in [2.75, 3.05) is 41.0 Å². The molecule has 1 fully saturated rings. The zero-order valence-electron chi connectivity index (χ0n) is 25.1. The predicted octanol–water partition coefficient (Wildman–Crippen LogP) is 6.79. The Morgan fingerprint density at radius 3 is 2.16 bits per heavy atom. The van der Waals surface area contributed by atoms with Gasteiger partial charge in [-0.2, -0.15) is 0 Å². The van der Waals surface area contributed by atoms with Crippen LogP contribution in [0, 0.1) is 16.7 Å². The highest BCUT2D eigenvalue weighted by molar-refractivity contribution is 7.80. The normalized spacial score (nSPS) is 21.5. The second kappa shape index (κ2) is 11.9. The molecule has 2 atom stereocenters. The van der Waals surface area contributed by atoms with Crippen molar-refractivity contribution in [1.82, 2.24) is 9.80 Å². The van der Waals surface area contributed by atoms with Crippen LogP contribution in [0.5, 0.6) is 17.2 Å². The van der Waals surface area contributed by atoms with Crippen molar-refractivity contribution >= 4 is 17.1 Å². The standard InChI is InChI=1S/C31H48N2O4S/c1-11-12-21-19-33(23-17-22(30(2,3)4)26(34)25(29(23)38)31(5,6)7)16-15-32(21)18-20-13-14-24(35-8)28(37-10)27(20)36-9/h13-14,17,21,25,34H,11-12,15-16,18-19H2,1-10H3. The Labute approximate surface area is 235 Å². The third kappa shape index (κ3) is 6.15. The maximum Gasteiger partial charge on any atom is 0.203 e. The molecular formula is C31H48N2O4S. The topological polar surface area (TPSA) is 54.4 Å². The minimum atomic E-state index is -0.177. The van der Waals surface area contributed by atoms with Crippen LogP contribution in [0.4, 0.5) is 0 Å². The summed E-state index contributed by atoms with van der Waals surface area (Å²) in [6.07, 6.45) is 4.35. The SMILES string of the molecule is CCCC1CN(C2=CC(C(C)(C)C)=C(O)C(C(C)(C)C)C2=S)CCN1Cc1ccc(OC)c(OC)c1OC. The minimum absolute atomic E-state index is 0.175. The first-order valence-corrected chi connectivity index (χ1v) is 14.2. The van der Waals surface area contributed by atoms with Crippen LogP contribution in [0.1, 0.15) is 66.9 Å². The van der Waals surface area contributed by atoms with Crippen LogP contribution in [0.3, 0.4) is 0 Å². The Balaban J connectivity index is 1.93. The molecule has 1 aromatic carbocycles. The molecule has 38 heavy (non-hydrogen) atoms. The molecule has 2 unspecified atom stereocenters. The van der Waals surface area contributed by atoms with Crippen molar-refractivity contribution in [3.05, 3.63) is 40.8 Å². The molecule has 1 heterocycles. The van der Waals surface area contributed by atoms with Crippen LogP contribution in [-0.2, 0) is 6.54 Å². The van der Waals surface area contributed by atoms with Crippen molar-refractivity contribution in [1.29, 1.82) is 0 Å². The highest BCUT2D eigenvalue weighted by Gasteiger charge is 2.42. The highest BCUT2D eigenvalue weighted by Crippen LogP contribution is 2.45. The van der Waals surface area contributed by atoms with Gasteiger partial charge in [0.25, 0.3) is 0 Å². The van der Waals surface area contributed by atoms with Gasteiger partial charge >= 0.3 is 0 Å². The van der Waals surface area contributed by atoms with E-state index in [1.54, 1.807) is 21.3 Å². The van der Waals surface area contributed by atoms with E-state index in [2.05, 4.69) is 70.4 Å². The second-order valence-electron chi connectivity index (χ2n) is 12.6. The molecule has 1 aromatic rings. The number of methoxy groups -OCH3 is 3. The Hall–Kier alpha value is -2.25. The average molecular weight is 545 g/mol. The van der Waals surface area contributed by atoms with E-state index in [4.69, 9.17) is 26.4 Å². The number of piperazine rings is 1. The average Bonchev–Trinajstić information content (AvgIpc) is 2.83. The van der Waals surface area contributed by atoms with Gasteiger partial charge in [0, 0.05) is 42.6 Å². The second-order valence-corrected chi connectivity index (χ2v) is 13.0. The maximum atomic E-state index is 11.3. The fourth-order valence-electron chi connectivity index (χ4n) is 5.79. The van der Waals surface area contributed by atoms with Gasteiger partial charge in [-0.1, -0.05) is 73.2 Å². The van der Waals surface area contributed by atoms with Crippen molar-refractivity contribution in [3.63, 3.8) is 0 Å². The Morgan fingerprint density at radius 1 is 0.974 bits per heavy atom. The van der Waals surface area contributed by atoms with Crippen molar-refractivity contribution < 1.29 is 19.3 Å². The van der Waals surface area contributed by atoms with E-state index in [1.165, 1.54) is 0 Å². The van der Waals surface area contributed by atoms with E-state index in [1.807, 2.05) is 6.07 Å². The molecule has 7 heteroatoms. The number of hydrogen-bond acceptors (Lipinski definition) is 7. The van der Waals surface area contributed by atoms with Crippen LogP contribution in [0.15, 0.2) is 35.2 Å². The Morgan fingerprint density at radius 2 is 1.63 bits per heavy atom. The fourth-order valence-corrected chi connectivity index (χ4v) is 6.45. The van der Waals surface area contributed by atoms with Gasteiger partial charge < -0.3 is 24.2 Å². The predicted molar refractivity (Wildman–Crippen MR) is 160 cm³/mol. The van der Waals surface area contributed by atoms with Gasteiger partial charge in [0.1, 0.15) is 5.76 Å². The fraction of sp³-hybridized carbons (Fsp3) is 0.645. The molecule has 1 N–H and O–H groups in total. The van der Waals surface area contributed by atoms with Gasteiger partial charge in [-0.25, -0.2) is 0 Å². The number of aliphatic hydroxyl groups excluding tert-OH is 1. The summed E-state index contributed by atoms with van der Waals surface area (Å²) in [7, 11) is 4.97. The molecule has 0 bridgehead atoms. The quantitative estimate of drug-likeness (QED) is 0.362. The Kier molecular flexibility index (Phi) is 9.46. The van der Waals surface area contributed by atoms with Crippen LogP contribution in [0.2, 0.25) is 0 Å². The summed E-state index contributed by atoms with van der Waals surface area (Å²) in [4.78, 5) is 5.87. The van der Waals surface area contributed by atoms with Gasteiger partial charge in [0.05, 0.1) is 32.9 Å². The zero-order valence-corrected chi connectivity index (χ0v) is 25.9. The number of hydrogen-bond donors (Lipinski definition) is 1. The summed E-state index contributed by atoms with van der Waals surface area (Å²) in [6.45, 7) is 18.7. The summed E-state index contributed by atoms with van der Waals surface area (Å²) in [5, 5.41) is 11.3. The summed E-state index contributed by atoms with van der Waals surface area (Å²) < 4.78 is 16.9. The molecule has 6 nitrogen and oxygen atoms in total.